The third-order valence-electron chi connectivity index (χ3n) is 7.40. The van der Waals surface area contributed by atoms with Crippen LogP contribution in [-0.2, 0) is 16.1 Å². The molecular formula is C27H34F2N2O2. The molecule has 0 bridgehead atoms. The second-order valence-electron chi connectivity index (χ2n) is 9.62. The van der Waals surface area contributed by atoms with Gasteiger partial charge in [0.25, 0.3) is 6.43 Å². The van der Waals surface area contributed by atoms with E-state index in [1.165, 1.54) is 35.4 Å². The van der Waals surface area contributed by atoms with Gasteiger partial charge < -0.3 is 9.64 Å². The van der Waals surface area contributed by atoms with Crippen LogP contribution in [0.15, 0.2) is 30.3 Å². The second kappa shape index (κ2) is 9.80. The number of hydrogen-bond acceptors (Lipinski definition) is 4. The maximum Gasteiger partial charge on any atom is 0.308 e. The molecule has 0 spiro atoms. The first-order valence-corrected chi connectivity index (χ1v) is 11.8. The minimum absolute atomic E-state index is 0.0243. The number of rotatable bonds is 6. The first-order valence-electron chi connectivity index (χ1n) is 11.8. The van der Waals surface area contributed by atoms with Crippen LogP contribution in [-0.4, -0.2) is 44.2 Å². The number of para-hydroxylation sites is 1. The van der Waals surface area contributed by atoms with E-state index in [0.29, 0.717) is 11.6 Å². The van der Waals surface area contributed by atoms with Crippen LogP contribution in [0, 0.1) is 26.7 Å². The number of hydrogen-bond donors (Lipinski definition) is 0. The molecule has 2 fully saturated rings. The SMILES string of the molecule is COC(=O)C1CCN(Cc2c(C)cc(C3CN(c4c(C)cccc4C(F)F)C3)cc2C)CC1. The highest BCUT2D eigenvalue weighted by atomic mass is 19.3. The summed E-state index contributed by atoms with van der Waals surface area (Å²) in [6, 6.07) is 9.71. The van der Waals surface area contributed by atoms with Gasteiger partial charge >= 0.3 is 5.97 Å². The van der Waals surface area contributed by atoms with Crippen LogP contribution in [0.4, 0.5) is 14.5 Å². The molecule has 0 saturated carbocycles. The number of ether oxygens (including phenoxy) is 1. The number of esters is 1. The molecule has 2 aromatic carbocycles. The Bertz CT molecular complexity index is 986. The summed E-state index contributed by atoms with van der Waals surface area (Å²) in [5, 5.41) is 0. The van der Waals surface area contributed by atoms with E-state index in [-0.39, 0.29) is 17.5 Å². The third kappa shape index (κ3) is 4.91. The average Bonchev–Trinajstić information content (AvgIpc) is 2.76. The molecule has 33 heavy (non-hydrogen) atoms. The van der Waals surface area contributed by atoms with E-state index in [2.05, 4.69) is 35.8 Å². The van der Waals surface area contributed by atoms with Crippen molar-refractivity contribution in [1.82, 2.24) is 4.90 Å². The zero-order chi connectivity index (χ0) is 23.7. The Morgan fingerprint density at radius 1 is 1.06 bits per heavy atom. The Morgan fingerprint density at radius 2 is 1.70 bits per heavy atom. The largest absolute Gasteiger partial charge is 0.469 e. The van der Waals surface area contributed by atoms with Gasteiger partial charge in [0.1, 0.15) is 0 Å². The van der Waals surface area contributed by atoms with Gasteiger partial charge in [0, 0.05) is 36.8 Å². The Labute approximate surface area is 195 Å². The van der Waals surface area contributed by atoms with Crippen LogP contribution in [0.3, 0.4) is 0 Å². The summed E-state index contributed by atoms with van der Waals surface area (Å²) in [5.41, 5.74) is 6.94. The molecule has 2 aromatic rings. The van der Waals surface area contributed by atoms with Crippen LogP contribution < -0.4 is 4.90 Å². The summed E-state index contributed by atoms with van der Waals surface area (Å²) in [5.74, 6) is 0.292. The highest BCUT2D eigenvalue weighted by Gasteiger charge is 2.32. The van der Waals surface area contributed by atoms with E-state index in [1.807, 2.05) is 13.0 Å². The molecule has 0 aliphatic carbocycles. The van der Waals surface area contributed by atoms with Crippen molar-refractivity contribution in [2.45, 2.75) is 52.5 Å². The van der Waals surface area contributed by atoms with Crippen LogP contribution in [0.2, 0.25) is 0 Å². The number of alkyl halides is 2. The molecule has 4 rings (SSSR count). The Hall–Kier alpha value is -2.47. The number of piperidine rings is 1. The van der Waals surface area contributed by atoms with Crippen molar-refractivity contribution in [3.63, 3.8) is 0 Å². The molecule has 2 aliphatic heterocycles. The number of nitrogens with zero attached hydrogens (tertiary/aromatic N) is 2. The highest BCUT2D eigenvalue weighted by Crippen LogP contribution is 2.39. The lowest BCUT2D eigenvalue weighted by Crippen LogP contribution is -2.46. The molecular weight excluding hydrogens is 422 g/mol. The molecule has 2 saturated heterocycles. The molecule has 4 nitrogen and oxygen atoms in total. The van der Waals surface area contributed by atoms with Crippen molar-refractivity contribution >= 4 is 11.7 Å². The zero-order valence-corrected chi connectivity index (χ0v) is 20.0. The predicted molar refractivity (Wildman–Crippen MR) is 127 cm³/mol. The van der Waals surface area contributed by atoms with Gasteiger partial charge in [0.2, 0.25) is 0 Å². The van der Waals surface area contributed by atoms with Crippen LogP contribution in [0.25, 0.3) is 0 Å². The van der Waals surface area contributed by atoms with E-state index < -0.39 is 6.43 Å². The number of benzene rings is 2. The standard InChI is InChI=1S/C27H34F2N2O2/c1-17-6-5-7-23(26(28)29)25(17)31-14-22(15-31)21-12-18(2)24(19(3)13-21)16-30-10-8-20(9-11-30)27(32)33-4/h5-7,12-13,20,22,26H,8-11,14-16H2,1-4H3. The summed E-state index contributed by atoms with van der Waals surface area (Å²) >= 11 is 0. The Balaban J connectivity index is 1.41. The number of carbonyl (C=O) groups is 1. The van der Waals surface area contributed by atoms with Crippen molar-refractivity contribution in [3.8, 4) is 0 Å². The number of anilines is 1. The molecule has 0 radical (unpaired) electrons. The molecule has 0 unspecified atom stereocenters. The van der Waals surface area contributed by atoms with Gasteiger partial charge in [-0.3, -0.25) is 9.69 Å². The van der Waals surface area contributed by atoms with Gasteiger partial charge in [-0.2, -0.15) is 0 Å². The fraction of sp³-hybridized carbons (Fsp3) is 0.519. The maximum atomic E-state index is 13.5. The van der Waals surface area contributed by atoms with Crippen molar-refractivity contribution in [2.24, 2.45) is 5.92 Å². The third-order valence-corrected chi connectivity index (χ3v) is 7.40. The van der Waals surface area contributed by atoms with E-state index in [4.69, 9.17) is 4.74 Å². The van der Waals surface area contributed by atoms with Gasteiger partial charge in [0.05, 0.1) is 13.0 Å². The normalized spacial score (nSPS) is 18.0. The smallest absolute Gasteiger partial charge is 0.308 e. The van der Waals surface area contributed by atoms with Crippen LogP contribution >= 0.6 is 0 Å². The number of likely N-dealkylation sites (tertiary alicyclic amines) is 1. The molecule has 0 amide bonds. The topological polar surface area (TPSA) is 32.8 Å². The summed E-state index contributed by atoms with van der Waals surface area (Å²) < 4.78 is 31.9. The van der Waals surface area contributed by atoms with E-state index in [9.17, 15) is 13.6 Å². The monoisotopic (exact) mass is 456 g/mol. The average molecular weight is 457 g/mol. The molecule has 0 N–H and O–H groups in total. The van der Waals surface area contributed by atoms with Crippen LogP contribution in [0.5, 0.6) is 0 Å². The van der Waals surface area contributed by atoms with E-state index >= 15 is 0 Å². The minimum atomic E-state index is -2.46. The van der Waals surface area contributed by atoms with Crippen molar-refractivity contribution in [1.29, 1.82) is 0 Å². The van der Waals surface area contributed by atoms with Crippen molar-refractivity contribution < 1.29 is 18.3 Å². The maximum absolute atomic E-state index is 13.5. The molecule has 2 heterocycles. The zero-order valence-electron chi connectivity index (χ0n) is 20.0. The lowest BCUT2D eigenvalue weighted by molar-refractivity contribution is -0.147. The number of carbonyl (C=O) groups excluding carboxylic acids is 1. The predicted octanol–water partition coefficient (Wildman–Crippen LogP) is 5.54. The summed E-state index contributed by atoms with van der Waals surface area (Å²) in [6.45, 7) is 10.5. The summed E-state index contributed by atoms with van der Waals surface area (Å²) in [4.78, 5) is 16.3. The first kappa shape index (κ1) is 23.7. The second-order valence-corrected chi connectivity index (χ2v) is 9.62. The Kier molecular flexibility index (Phi) is 7.03. The van der Waals surface area contributed by atoms with E-state index in [0.717, 1.165) is 51.1 Å². The van der Waals surface area contributed by atoms with Crippen LogP contribution in [0.1, 0.15) is 58.6 Å². The number of methoxy groups -OCH3 is 1. The van der Waals surface area contributed by atoms with Gasteiger partial charge in [-0.15, -0.1) is 0 Å². The lowest BCUT2D eigenvalue weighted by atomic mass is 9.86. The number of halogens is 2. The summed E-state index contributed by atoms with van der Waals surface area (Å²) in [7, 11) is 1.46. The molecule has 178 valence electrons. The van der Waals surface area contributed by atoms with Gasteiger partial charge in [-0.1, -0.05) is 30.3 Å². The minimum Gasteiger partial charge on any atom is -0.469 e. The van der Waals surface area contributed by atoms with Crippen molar-refractivity contribution in [3.05, 3.63) is 63.7 Å². The molecule has 0 aromatic heterocycles. The number of aryl methyl sites for hydroxylation is 3. The van der Waals surface area contributed by atoms with Gasteiger partial charge in [0.15, 0.2) is 0 Å². The lowest BCUT2D eigenvalue weighted by Gasteiger charge is -2.43. The molecule has 0 atom stereocenters. The summed E-state index contributed by atoms with van der Waals surface area (Å²) in [6.07, 6.45) is -0.763. The first-order chi connectivity index (χ1) is 15.8. The van der Waals surface area contributed by atoms with E-state index in [1.54, 1.807) is 6.07 Å². The quantitative estimate of drug-likeness (QED) is 0.535. The van der Waals surface area contributed by atoms with Gasteiger partial charge in [-0.05, 0) is 74.5 Å². The Morgan fingerprint density at radius 3 is 2.27 bits per heavy atom. The fourth-order valence-electron chi connectivity index (χ4n) is 5.39. The fourth-order valence-corrected chi connectivity index (χ4v) is 5.39. The molecule has 6 heteroatoms. The molecule has 2 aliphatic rings. The van der Waals surface area contributed by atoms with Crippen molar-refractivity contribution in [2.75, 3.05) is 38.2 Å². The van der Waals surface area contributed by atoms with Gasteiger partial charge in [-0.25, -0.2) is 8.78 Å². The highest BCUT2D eigenvalue weighted by molar-refractivity contribution is 5.72.